The Bertz CT molecular complexity index is 271. The molecule has 0 spiro atoms. The van der Waals surface area contributed by atoms with Crippen molar-refractivity contribution in [3.63, 3.8) is 0 Å². The molecular weight excluding hydrogens is 242 g/mol. The summed E-state index contributed by atoms with van der Waals surface area (Å²) in [4.78, 5) is 0. The van der Waals surface area contributed by atoms with Crippen LogP contribution >= 0.6 is 0 Å². The molecule has 0 aromatic carbocycles. The molecule has 0 radical (unpaired) electrons. The zero-order chi connectivity index (χ0) is 14.3. The fourth-order valence-corrected chi connectivity index (χ4v) is 8.82. The van der Waals surface area contributed by atoms with Gasteiger partial charge in [-0.25, -0.2) is 0 Å². The van der Waals surface area contributed by atoms with Crippen LogP contribution in [0.5, 0.6) is 0 Å². The lowest BCUT2D eigenvalue weighted by Crippen LogP contribution is -2.60. The molecule has 0 aliphatic heterocycles. The first-order valence-corrected chi connectivity index (χ1v) is 12.3. The summed E-state index contributed by atoms with van der Waals surface area (Å²) in [6.45, 7) is 19.3. The second-order valence-electron chi connectivity index (χ2n) is 7.42. The van der Waals surface area contributed by atoms with Crippen LogP contribution in [0.15, 0.2) is 0 Å². The number of rotatable bonds is 5. The minimum atomic E-state index is -1.69. The van der Waals surface area contributed by atoms with Crippen LogP contribution < -0.4 is 0 Å². The molecule has 17 heavy (non-hydrogen) atoms. The van der Waals surface area contributed by atoms with Crippen LogP contribution in [-0.2, 0) is 4.43 Å². The average Bonchev–Trinajstić information content (AvgIpc) is 2.16. The molecule has 0 N–H and O–H groups in total. The van der Waals surface area contributed by atoms with E-state index in [0.717, 1.165) is 0 Å². The molecule has 0 heterocycles. The smallest absolute Gasteiger partial charge is 0.192 e. The van der Waals surface area contributed by atoms with Crippen LogP contribution in [0, 0.1) is 0 Å². The fraction of sp³-hybridized carbons (Fsp3) is 1.00. The van der Waals surface area contributed by atoms with Crippen molar-refractivity contribution < 1.29 is 4.43 Å². The zero-order valence-corrected chi connectivity index (χ0v) is 15.9. The highest BCUT2D eigenvalue weighted by molar-refractivity contribution is 6.82. The van der Waals surface area contributed by atoms with E-state index >= 15 is 0 Å². The number of hydrogen-bond acceptors (Lipinski definition) is 2. The van der Waals surface area contributed by atoms with Gasteiger partial charge in [0.2, 0.25) is 0 Å². The van der Waals surface area contributed by atoms with Gasteiger partial charge in [0.1, 0.15) is 8.24 Å². The van der Waals surface area contributed by atoms with E-state index in [-0.39, 0.29) is 5.04 Å². The Labute approximate surface area is 111 Å². The molecule has 2 nitrogen and oxygen atoms in total. The van der Waals surface area contributed by atoms with Crippen molar-refractivity contribution in [2.24, 2.45) is 0 Å². The van der Waals surface area contributed by atoms with Gasteiger partial charge in [0.25, 0.3) is 0 Å². The van der Waals surface area contributed by atoms with Crippen LogP contribution in [0.25, 0.3) is 0 Å². The lowest BCUT2D eigenvalue weighted by atomic mass is 9.97. The first-order valence-electron chi connectivity index (χ1n) is 6.48. The Kier molecular flexibility index (Phi) is 4.90. The summed E-state index contributed by atoms with van der Waals surface area (Å²) in [5.74, 6) is 0. The van der Waals surface area contributed by atoms with Crippen molar-refractivity contribution in [1.82, 2.24) is 4.57 Å². The standard InChI is InChI=1S/C13H33NOSi2/c1-12(2,16(8,9)14(5)6)13(3,4)17(10,11)15-7/h1-11H3. The Morgan fingerprint density at radius 1 is 0.824 bits per heavy atom. The van der Waals surface area contributed by atoms with E-state index in [1.54, 1.807) is 0 Å². The first kappa shape index (κ1) is 17.4. The van der Waals surface area contributed by atoms with Gasteiger partial charge in [-0.05, 0) is 37.3 Å². The predicted octanol–water partition coefficient (Wildman–Crippen LogP) is 4.17. The SMILES string of the molecule is CO[Si](C)(C)C(C)(C)C(C)(C)[Si](C)(C)N(C)C. The third kappa shape index (κ3) is 2.55. The van der Waals surface area contributed by atoms with Crippen molar-refractivity contribution >= 4 is 16.6 Å². The van der Waals surface area contributed by atoms with Gasteiger partial charge in [0.05, 0.1) is 0 Å². The van der Waals surface area contributed by atoms with Crippen molar-refractivity contribution in [3.05, 3.63) is 0 Å². The van der Waals surface area contributed by atoms with Gasteiger partial charge in [-0.15, -0.1) is 0 Å². The minimum Gasteiger partial charge on any atom is -0.420 e. The molecule has 0 aliphatic carbocycles. The molecule has 0 aromatic rings. The van der Waals surface area contributed by atoms with Gasteiger partial charge in [0, 0.05) is 7.11 Å². The van der Waals surface area contributed by atoms with Crippen LogP contribution in [0.1, 0.15) is 27.7 Å². The summed E-state index contributed by atoms with van der Waals surface area (Å²) in [5, 5.41) is 0.546. The van der Waals surface area contributed by atoms with Crippen LogP contribution in [0.3, 0.4) is 0 Å². The molecule has 0 bridgehead atoms. The quantitative estimate of drug-likeness (QED) is 0.698. The molecule has 0 saturated heterocycles. The minimum absolute atomic E-state index is 0.245. The van der Waals surface area contributed by atoms with E-state index in [1.165, 1.54) is 0 Å². The van der Waals surface area contributed by atoms with E-state index in [4.69, 9.17) is 4.43 Å². The van der Waals surface area contributed by atoms with E-state index < -0.39 is 16.6 Å². The van der Waals surface area contributed by atoms with Gasteiger partial charge in [0.15, 0.2) is 8.32 Å². The third-order valence-electron chi connectivity index (χ3n) is 6.23. The molecule has 104 valence electrons. The third-order valence-corrected chi connectivity index (χ3v) is 17.1. The Morgan fingerprint density at radius 3 is 1.41 bits per heavy atom. The molecule has 0 unspecified atom stereocenters. The zero-order valence-electron chi connectivity index (χ0n) is 13.9. The maximum Gasteiger partial charge on any atom is 0.192 e. The lowest BCUT2D eigenvalue weighted by Gasteiger charge is -2.57. The average molecular weight is 276 g/mol. The number of hydrogen-bond donors (Lipinski definition) is 0. The monoisotopic (exact) mass is 275 g/mol. The van der Waals surface area contributed by atoms with Crippen LogP contribution in [0.4, 0.5) is 0 Å². The van der Waals surface area contributed by atoms with Crippen molar-refractivity contribution in [3.8, 4) is 0 Å². The van der Waals surface area contributed by atoms with Crippen LogP contribution in [-0.4, -0.2) is 42.3 Å². The number of nitrogens with zero attached hydrogens (tertiary/aromatic N) is 1. The maximum absolute atomic E-state index is 5.91. The lowest BCUT2D eigenvalue weighted by molar-refractivity contribution is 0.323. The first-order chi connectivity index (χ1) is 7.25. The normalized spacial score (nSPS) is 15.5. The highest BCUT2D eigenvalue weighted by Crippen LogP contribution is 2.62. The van der Waals surface area contributed by atoms with Crippen molar-refractivity contribution in [2.75, 3.05) is 21.2 Å². The van der Waals surface area contributed by atoms with Gasteiger partial charge < -0.3 is 8.99 Å². The predicted molar refractivity (Wildman–Crippen MR) is 83.7 cm³/mol. The summed E-state index contributed by atoms with van der Waals surface area (Å²) >= 11 is 0. The topological polar surface area (TPSA) is 12.5 Å². The molecule has 4 heteroatoms. The second kappa shape index (κ2) is 4.80. The second-order valence-corrected chi connectivity index (χ2v) is 17.4. The summed E-state index contributed by atoms with van der Waals surface area (Å²) in [6, 6.07) is 0. The molecule has 0 saturated carbocycles. The van der Waals surface area contributed by atoms with Gasteiger partial charge in [-0.3, -0.25) is 0 Å². The van der Waals surface area contributed by atoms with Crippen molar-refractivity contribution in [1.29, 1.82) is 0 Å². The Morgan fingerprint density at radius 2 is 1.18 bits per heavy atom. The maximum atomic E-state index is 5.91. The molecule has 0 fully saturated rings. The van der Waals surface area contributed by atoms with Gasteiger partial charge >= 0.3 is 0 Å². The van der Waals surface area contributed by atoms with E-state index in [2.05, 4.69) is 72.5 Å². The summed E-state index contributed by atoms with van der Waals surface area (Å²) in [6.07, 6.45) is 0. The van der Waals surface area contributed by atoms with E-state index in [9.17, 15) is 0 Å². The summed E-state index contributed by atoms with van der Waals surface area (Å²) < 4.78 is 8.37. The molecular formula is C13H33NOSi2. The molecule has 0 aromatic heterocycles. The highest BCUT2D eigenvalue weighted by Gasteiger charge is 2.58. The molecule has 0 rings (SSSR count). The Balaban J connectivity index is 5.61. The van der Waals surface area contributed by atoms with Gasteiger partial charge in [-0.1, -0.05) is 40.8 Å². The molecule has 0 amide bonds. The largest absolute Gasteiger partial charge is 0.420 e. The fourth-order valence-electron chi connectivity index (χ4n) is 2.33. The van der Waals surface area contributed by atoms with E-state index in [0.29, 0.717) is 5.04 Å². The summed E-state index contributed by atoms with van der Waals surface area (Å²) in [7, 11) is 3.17. The Hall–Kier alpha value is 0.354. The van der Waals surface area contributed by atoms with E-state index in [1.807, 2.05) is 7.11 Å². The summed E-state index contributed by atoms with van der Waals surface area (Å²) in [5.41, 5.74) is 0. The molecule has 0 aliphatic rings. The van der Waals surface area contributed by atoms with Gasteiger partial charge in [-0.2, -0.15) is 0 Å². The highest BCUT2D eigenvalue weighted by atomic mass is 28.4. The molecule has 0 atom stereocenters. The van der Waals surface area contributed by atoms with Crippen LogP contribution in [0.2, 0.25) is 36.3 Å². The van der Waals surface area contributed by atoms with Crippen molar-refractivity contribution in [2.45, 2.75) is 64.0 Å².